The maximum absolute atomic E-state index is 12.1. The van der Waals surface area contributed by atoms with Crippen molar-refractivity contribution in [2.75, 3.05) is 23.5 Å². The molecule has 8 heteroatoms. The van der Waals surface area contributed by atoms with Gasteiger partial charge >= 0.3 is 10.2 Å². The van der Waals surface area contributed by atoms with Crippen LogP contribution in [-0.2, 0) is 10.2 Å². The topological polar surface area (TPSA) is 88.3 Å². The Morgan fingerprint density at radius 1 is 1.33 bits per heavy atom. The Morgan fingerprint density at radius 2 is 2.05 bits per heavy atom. The van der Waals surface area contributed by atoms with Gasteiger partial charge in [0.1, 0.15) is 0 Å². The average Bonchev–Trinajstić information content (AvgIpc) is 2.87. The van der Waals surface area contributed by atoms with E-state index in [4.69, 9.17) is 5.73 Å². The van der Waals surface area contributed by atoms with Gasteiger partial charge in [0.15, 0.2) is 5.13 Å². The largest absolute Gasteiger partial charge is 0.399 e. The van der Waals surface area contributed by atoms with Crippen molar-refractivity contribution in [1.82, 2.24) is 9.29 Å². The van der Waals surface area contributed by atoms with Gasteiger partial charge in [0.05, 0.1) is 5.69 Å². The lowest BCUT2D eigenvalue weighted by Crippen LogP contribution is -2.35. The maximum atomic E-state index is 12.1. The molecule has 2 aromatic rings. The molecular weight excluding hydrogens is 308 g/mol. The van der Waals surface area contributed by atoms with E-state index in [9.17, 15) is 8.42 Å². The second kappa shape index (κ2) is 6.42. The van der Waals surface area contributed by atoms with Gasteiger partial charge in [-0.3, -0.25) is 0 Å². The molecule has 1 heterocycles. The van der Waals surface area contributed by atoms with Crippen LogP contribution < -0.4 is 10.5 Å². The van der Waals surface area contributed by atoms with Crippen molar-refractivity contribution in [3.8, 4) is 11.3 Å². The van der Waals surface area contributed by atoms with Gasteiger partial charge in [-0.1, -0.05) is 26.0 Å². The lowest BCUT2D eigenvalue weighted by atomic mass is 10.1. The molecule has 6 nitrogen and oxygen atoms in total. The van der Waals surface area contributed by atoms with E-state index in [0.717, 1.165) is 5.56 Å². The Morgan fingerprint density at radius 3 is 2.67 bits per heavy atom. The smallest absolute Gasteiger partial charge is 0.303 e. The minimum atomic E-state index is -3.55. The summed E-state index contributed by atoms with van der Waals surface area (Å²) in [6, 6.07) is 7.31. The number of nitrogens with one attached hydrogen (secondary N) is 1. The van der Waals surface area contributed by atoms with Crippen LogP contribution in [0.1, 0.15) is 13.8 Å². The third kappa shape index (κ3) is 3.72. The average molecular weight is 326 g/mol. The first-order valence-corrected chi connectivity index (χ1v) is 8.87. The number of nitrogens with zero attached hydrogens (tertiary/aromatic N) is 2. The molecule has 2 rings (SSSR count). The number of nitrogen functional groups attached to an aromatic ring is 1. The van der Waals surface area contributed by atoms with Crippen LogP contribution >= 0.6 is 11.3 Å². The Hall–Kier alpha value is -1.64. The highest BCUT2D eigenvalue weighted by Crippen LogP contribution is 2.26. The summed E-state index contributed by atoms with van der Waals surface area (Å²) in [5.41, 5.74) is 7.94. The van der Waals surface area contributed by atoms with E-state index in [1.165, 1.54) is 15.6 Å². The second-order valence-electron chi connectivity index (χ2n) is 4.35. The van der Waals surface area contributed by atoms with E-state index in [1.54, 1.807) is 31.4 Å². The van der Waals surface area contributed by atoms with Crippen LogP contribution in [0.5, 0.6) is 0 Å². The molecule has 0 atom stereocenters. The lowest BCUT2D eigenvalue weighted by molar-refractivity contribution is 0.449. The summed E-state index contributed by atoms with van der Waals surface area (Å²) in [7, 11) is -3.55. The SMILES string of the molecule is CCN(CC)S(=O)(=O)Nc1nc(-c2cccc(N)c2)cs1. The molecule has 0 saturated carbocycles. The Labute approximate surface area is 128 Å². The molecule has 21 heavy (non-hydrogen) atoms. The van der Waals surface area contributed by atoms with Crippen molar-refractivity contribution in [1.29, 1.82) is 0 Å². The van der Waals surface area contributed by atoms with Gasteiger partial charge < -0.3 is 5.73 Å². The van der Waals surface area contributed by atoms with Crippen molar-refractivity contribution in [3.63, 3.8) is 0 Å². The molecule has 0 fully saturated rings. The molecule has 1 aromatic carbocycles. The summed E-state index contributed by atoms with van der Waals surface area (Å²) in [6.45, 7) is 4.42. The highest BCUT2D eigenvalue weighted by atomic mass is 32.2. The number of benzene rings is 1. The zero-order valence-electron chi connectivity index (χ0n) is 11.9. The van der Waals surface area contributed by atoms with Crippen molar-refractivity contribution >= 4 is 32.4 Å². The van der Waals surface area contributed by atoms with Crippen LogP contribution in [-0.4, -0.2) is 30.8 Å². The van der Waals surface area contributed by atoms with Crippen LogP contribution in [0.3, 0.4) is 0 Å². The molecule has 114 valence electrons. The van der Waals surface area contributed by atoms with Crippen molar-refractivity contribution in [2.24, 2.45) is 0 Å². The predicted molar refractivity (Wildman–Crippen MR) is 87.4 cm³/mol. The Bertz CT molecular complexity index is 708. The van der Waals surface area contributed by atoms with E-state index in [0.29, 0.717) is 29.6 Å². The third-order valence-corrected chi connectivity index (χ3v) is 5.48. The number of aromatic nitrogens is 1. The van der Waals surface area contributed by atoms with E-state index >= 15 is 0 Å². The first kappa shape index (κ1) is 15.7. The van der Waals surface area contributed by atoms with Crippen molar-refractivity contribution in [3.05, 3.63) is 29.6 Å². The highest BCUT2D eigenvalue weighted by molar-refractivity contribution is 7.90. The van der Waals surface area contributed by atoms with Crippen LogP contribution in [0.4, 0.5) is 10.8 Å². The fraction of sp³-hybridized carbons (Fsp3) is 0.308. The van der Waals surface area contributed by atoms with E-state index in [-0.39, 0.29) is 0 Å². The summed E-state index contributed by atoms with van der Waals surface area (Å²) < 4.78 is 28.1. The van der Waals surface area contributed by atoms with E-state index in [1.807, 2.05) is 12.1 Å². The van der Waals surface area contributed by atoms with Crippen molar-refractivity contribution in [2.45, 2.75) is 13.8 Å². The van der Waals surface area contributed by atoms with Gasteiger partial charge in [-0.25, -0.2) is 9.71 Å². The number of rotatable bonds is 6. The molecule has 1 aromatic heterocycles. The predicted octanol–water partition coefficient (Wildman–Crippen LogP) is 2.39. The fourth-order valence-corrected chi connectivity index (χ4v) is 4.04. The lowest BCUT2D eigenvalue weighted by Gasteiger charge is -2.17. The highest BCUT2D eigenvalue weighted by Gasteiger charge is 2.20. The van der Waals surface area contributed by atoms with Crippen LogP contribution in [0, 0.1) is 0 Å². The quantitative estimate of drug-likeness (QED) is 0.798. The number of nitrogens with two attached hydrogens (primary N) is 1. The van der Waals surface area contributed by atoms with E-state index < -0.39 is 10.2 Å². The molecule has 0 radical (unpaired) electrons. The first-order chi connectivity index (χ1) is 9.96. The standard InChI is InChI=1S/C13H18N4O2S2/c1-3-17(4-2)21(18,19)16-13-15-12(9-20-13)10-6-5-7-11(14)8-10/h5-9H,3-4,14H2,1-2H3,(H,15,16). The van der Waals surface area contributed by atoms with Gasteiger partial charge in [-0.15, -0.1) is 11.3 Å². The van der Waals surface area contributed by atoms with Crippen LogP contribution in [0.2, 0.25) is 0 Å². The van der Waals surface area contributed by atoms with Crippen molar-refractivity contribution < 1.29 is 8.42 Å². The zero-order valence-corrected chi connectivity index (χ0v) is 13.5. The van der Waals surface area contributed by atoms with Gasteiger partial charge in [0.2, 0.25) is 0 Å². The molecule has 0 saturated heterocycles. The molecule has 3 N–H and O–H groups in total. The summed E-state index contributed by atoms with van der Waals surface area (Å²) in [5.74, 6) is 0. The molecular formula is C13H18N4O2S2. The summed E-state index contributed by atoms with van der Waals surface area (Å²) in [4.78, 5) is 4.30. The van der Waals surface area contributed by atoms with Crippen LogP contribution in [0.15, 0.2) is 29.6 Å². The maximum Gasteiger partial charge on any atom is 0.303 e. The number of anilines is 2. The molecule has 0 bridgehead atoms. The van der Waals surface area contributed by atoms with E-state index in [2.05, 4.69) is 9.71 Å². The third-order valence-electron chi connectivity index (χ3n) is 2.95. The van der Waals surface area contributed by atoms with Gasteiger partial charge in [-0.05, 0) is 12.1 Å². The van der Waals surface area contributed by atoms with Crippen LogP contribution in [0.25, 0.3) is 11.3 Å². The zero-order chi connectivity index (χ0) is 15.5. The minimum Gasteiger partial charge on any atom is -0.399 e. The van der Waals surface area contributed by atoms with Gasteiger partial charge in [0.25, 0.3) is 0 Å². The first-order valence-electron chi connectivity index (χ1n) is 6.55. The number of hydrogen-bond donors (Lipinski definition) is 2. The minimum absolute atomic E-state index is 0.347. The summed E-state index contributed by atoms with van der Waals surface area (Å²) in [5, 5.41) is 2.15. The number of thiazole rings is 1. The summed E-state index contributed by atoms with van der Waals surface area (Å²) in [6.07, 6.45) is 0. The Kier molecular flexibility index (Phi) is 4.81. The normalized spacial score (nSPS) is 11.8. The molecule has 0 aliphatic heterocycles. The molecule has 0 aliphatic rings. The van der Waals surface area contributed by atoms with Gasteiger partial charge in [0, 0.05) is 29.7 Å². The fourth-order valence-electron chi connectivity index (χ4n) is 1.89. The number of hydrogen-bond acceptors (Lipinski definition) is 5. The van der Waals surface area contributed by atoms with Gasteiger partial charge in [-0.2, -0.15) is 12.7 Å². The summed E-state index contributed by atoms with van der Waals surface area (Å²) >= 11 is 1.25. The molecule has 0 aliphatic carbocycles. The monoisotopic (exact) mass is 326 g/mol. The molecule has 0 amide bonds. The molecule has 0 spiro atoms. The Balaban J connectivity index is 2.21. The molecule has 0 unspecified atom stereocenters. The second-order valence-corrected chi connectivity index (χ2v) is 6.88.